The number of carbonyl (C=O) groups excluding carboxylic acids is 1. The molecular weight excluding hydrogens is 384 g/mol. The number of nitrogen functional groups attached to an aromatic ring is 1. The number of aromatic nitrogens is 2. The van der Waals surface area contributed by atoms with Crippen LogP contribution in [0, 0.1) is 0 Å². The van der Waals surface area contributed by atoms with Crippen LogP contribution in [-0.2, 0) is 0 Å². The van der Waals surface area contributed by atoms with Crippen molar-refractivity contribution in [3.05, 3.63) is 90.4 Å². The van der Waals surface area contributed by atoms with E-state index in [0.717, 1.165) is 53.4 Å². The van der Waals surface area contributed by atoms with Gasteiger partial charge in [-0.15, -0.1) is 0 Å². The molecule has 0 radical (unpaired) electrons. The minimum Gasteiger partial charge on any atom is -0.383 e. The van der Waals surface area contributed by atoms with Crippen LogP contribution < -0.4 is 5.73 Å². The number of nitrogens with two attached hydrogens (primary N) is 1. The SMILES string of the molecule is Nc1nccc2ccc(C3CCN(C(=O)c4ccc(-c5cccnc5)cc4)CC3)cc12. The highest BCUT2D eigenvalue weighted by atomic mass is 16.2. The molecule has 4 aromatic rings. The van der Waals surface area contributed by atoms with Crippen molar-refractivity contribution in [2.75, 3.05) is 18.8 Å². The lowest BCUT2D eigenvalue weighted by Crippen LogP contribution is -2.37. The maximum absolute atomic E-state index is 13.0. The molecule has 5 nitrogen and oxygen atoms in total. The zero-order chi connectivity index (χ0) is 21.2. The average molecular weight is 409 g/mol. The molecule has 1 amide bonds. The van der Waals surface area contributed by atoms with Gasteiger partial charge >= 0.3 is 0 Å². The molecule has 1 aliphatic rings. The van der Waals surface area contributed by atoms with E-state index < -0.39 is 0 Å². The standard InChI is InChI=1S/C26H24N4O/c27-25-24-16-22(8-5-20(24)9-13-29-25)19-10-14-30(15-11-19)26(31)21-6-3-18(4-7-21)23-2-1-12-28-17-23/h1-9,12-13,16-17,19H,10-11,14-15H2,(H2,27,29). The van der Waals surface area contributed by atoms with Gasteiger partial charge < -0.3 is 10.6 Å². The smallest absolute Gasteiger partial charge is 0.253 e. The minimum absolute atomic E-state index is 0.100. The minimum atomic E-state index is 0.100. The summed E-state index contributed by atoms with van der Waals surface area (Å²) in [5.41, 5.74) is 10.2. The first-order chi connectivity index (χ1) is 15.2. The number of likely N-dealkylation sites (tertiary alicyclic amines) is 1. The monoisotopic (exact) mass is 408 g/mol. The lowest BCUT2D eigenvalue weighted by atomic mass is 9.88. The fourth-order valence-corrected chi connectivity index (χ4v) is 4.40. The largest absolute Gasteiger partial charge is 0.383 e. The van der Waals surface area contributed by atoms with Crippen LogP contribution in [0.3, 0.4) is 0 Å². The summed E-state index contributed by atoms with van der Waals surface area (Å²) in [7, 11) is 0. The third-order valence-electron chi connectivity index (χ3n) is 6.20. The van der Waals surface area contributed by atoms with Gasteiger partial charge in [-0.2, -0.15) is 0 Å². The summed E-state index contributed by atoms with van der Waals surface area (Å²) in [6, 6.07) is 20.2. The van der Waals surface area contributed by atoms with Crippen molar-refractivity contribution >= 4 is 22.5 Å². The highest BCUT2D eigenvalue weighted by Crippen LogP contribution is 2.32. The number of carbonyl (C=O) groups is 1. The Kier molecular flexibility index (Phi) is 5.08. The van der Waals surface area contributed by atoms with E-state index in [-0.39, 0.29) is 5.91 Å². The molecular formula is C26H24N4O. The number of nitrogens with zero attached hydrogens (tertiary/aromatic N) is 3. The first-order valence-electron chi connectivity index (χ1n) is 10.6. The Labute approximate surface area is 181 Å². The van der Waals surface area contributed by atoms with Crippen molar-refractivity contribution in [2.24, 2.45) is 0 Å². The number of pyridine rings is 2. The summed E-state index contributed by atoms with van der Waals surface area (Å²) in [6.45, 7) is 1.52. The molecule has 2 aromatic carbocycles. The molecule has 154 valence electrons. The summed E-state index contributed by atoms with van der Waals surface area (Å²) in [4.78, 5) is 23.3. The number of piperidine rings is 1. The van der Waals surface area contributed by atoms with Crippen LogP contribution in [0.1, 0.15) is 34.7 Å². The van der Waals surface area contributed by atoms with Crippen LogP contribution in [-0.4, -0.2) is 33.9 Å². The lowest BCUT2D eigenvalue weighted by molar-refractivity contribution is 0.0713. The third-order valence-corrected chi connectivity index (χ3v) is 6.20. The molecule has 0 aliphatic carbocycles. The van der Waals surface area contributed by atoms with Gasteiger partial charge in [0.2, 0.25) is 0 Å². The molecule has 5 rings (SSSR count). The summed E-state index contributed by atoms with van der Waals surface area (Å²) in [5.74, 6) is 1.10. The molecule has 0 unspecified atom stereocenters. The zero-order valence-electron chi connectivity index (χ0n) is 17.2. The second-order valence-electron chi connectivity index (χ2n) is 8.06. The fraction of sp³-hybridized carbons (Fsp3) is 0.192. The first kappa shape index (κ1) is 19.2. The van der Waals surface area contributed by atoms with Gasteiger partial charge in [-0.3, -0.25) is 9.78 Å². The van der Waals surface area contributed by atoms with Crippen LogP contribution in [0.15, 0.2) is 79.3 Å². The molecule has 5 heteroatoms. The van der Waals surface area contributed by atoms with Crippen LogP contribution in [0.4, 0.5) is 5.82 Å². The van der Waals surface area contributed by atoms with Gasteiger partial charge in [0.05, 0.1) is 0 Å². The van der Waals surface area contributed by atoms with E-state index in [1.54, 1.807) is 12.4 Å². The highest BCUT2D eigenvalue weighted by Gasteiger charge is 2.25. The molecule has 31 heavy (non-hydrogen) atoms. The molecule has 2 N–H and O–H groups in total. The number of amides is 1. The second kappa shape index (κ2) is 8.19. The molecule has 0 bridgehead atoms. The van der Waals surface area contributed by atoms with Gasteiger partial charge in [-0.25, -0.2) is 4.98 Å². The Morgan fingerprint density at radius 1 is 0.935 bits per heavy atom. The fourth-order valence-electron chi connectivity index (χ4n) is 4.40. The van der Waals surface area contributed by atoms with Crippen molar-refractivity contribution in [3.63, 3.8) is 0 Å². The maximum Gasteiger partial charge on any atom is 0.253 e. The number of anilines is 1. The molecule has 1 saturated heterocycles. The Bertz CT molecular complexity index is 1210. The van der Waals surface area contributed by atoms with Crippen LogP contribution in [0.5, 0.6) is 0 Å². The van der Waals surface area contributed by atoms with E-state index in [9.17, 15) is 4.79 Å². The van der Waals surface area contributed by atoms with Crippen molar-refractivity contribution in [2.45, 2.75) is 18.8 Å². The highest BCUT2D eigenvalue weighted by molar-refractivity contribution is 5.95. The zero-order valence-corrected chi connectivity index (χ0v) is 17.2. The van der Waals surface area contributed by atoms with Gasteiger partial charge in [0.1, 0.15) is 5.82 Å². The Morgan fingerprint density at radius 2 is 1.74 bits per heavy atom. The van der Waals surface area contributed by atoms with Gasteiger partial charge in [0.15, 0.2) is 0 Å². The van der Waals surface area contributed by atoms with E-state index >= 15 is 0 Å². The average Bonchev–Trinajstić information content (AvgIpc) is 2.84. The van der Waals surface area contributed by atoms with E-state index in [1.807, 2.05) is 53.6 Å². The van der Waals surface area contributed by atoms with E-state index in [4.69, 9.17) is 5.73 Å². The van der Waals surface area contributed by atoms with Gasteiger partial charge in [0.25, 0.3) is 5.91 Å². The van der Waals surface area contributed by atoms with Gasteiger partial charge in [0, 0.05) is 42.6 Å². The number of rotatable bonds is 3. The predicted octanol–water partition coefficient (Wildman–Crippen LogP) is 4.90. The first-order valence-corrected chi connectivity index (χ1v) is 10.6. The summed E-state index contributed by atoms with van der Waals surface area (Å²) >= 11 is 0. The topological polar surface area (TPSA) is 72.1 Å². The number of hydrogen-bond acceptors (Lipinski definition) is 4. The van der Waals surface area contributed by atoms with Crippen LogP contribution in [0.25, 0.3) is 21.9 Å². The Hall–Kier alpha value is -3.73. The van der Waals surface area contributed by atoms with Crippen LogP contribution >= 0.6 is 0 Å². The molecule has 3 heterocycles. The predicted molar refractivity (Wildman–Crippen MR) is 124 cm³/mol. The number of fused-ring (bicyclic) bond motifs is 1. The summed E-state index contributed by atoms with van der Waals surface area (Å²) < 4.78 is 0. The lowest BCUT2D eigenvalue weighted by Gasteiger charge is -2.32. The third kappa shape index (κ3) is 3.87. The maximum atomic E-state index is 13.0. The molecule has 0 spiro atoms. The van der Waals surface area contributed by atoms with E-state index in [2.05, 4.69) is 28.2 Å². The van der Waals surface area contributed by atoms with Gasteiger partial charge in [-0.1, -0.05) is 30.3 Å². The molecule has 0 saturated carbocycles. The quantitative estimate of drug-likeness (QED) is 0.523. The van der Waals surface area contributed by atoms with Crippen molar-refractivity contribution in [3.8, 4) is 11.1 Å². The van der Waals surface area contributed by atoms with E-state index in [1.165, 1.54) is 5.56 Å². The van der Waals surface area contributed by atoms with E-state index in [0.29, 0.717) is 11.7 Å². The normalized spacial score (nSPS) is 14.6. The molecule has 2 aromatic heterocycles. The second-order valence-corrected chi connectivity index (χ2v) is 8.06. The van der Waals surface area contributed by atoms with Crippen molar-refractivity contribution < 1.29 is 4.79 Å². The molecule has 1 fully saturated rings. The van der Waals surface area contributed by atoms with Gasteiger partial charge in [-0.05, 0) is 71.2 Å². The summed E-state index contributed by atoms with van der Waals surface area (Å²) in [6.07, 6.45) is 7.23. The Morgan fingerprint density at radius 3 is 2.48 bits per heavy atom. The van der Waals surface area contributed by atoms with Crippen molar-refractivity contribution in [1.29, 1.82) is 0 Å². The number of hydrogen-bond donors (Lipinski definition) is 1. The van der Waals surface area contributed by atoms with Crippen molar-refractivity contribution in [1.82, 2.24) is 14.9 Å². The summed E-state index contributed by atoms with van der Waals surface area (Å²) in [5, 5.41) is 2.12. The van der Waals surface area contributed by atoms with Crippen LogP contribution in [0.2, 0.25) is 0 Å². The molecule has 1 aliphatic heterocycles. The Balaban J connectivity index is 1.26. The number of benzene rings is 2. The molecule has 0 atom stereocenters.